The average Bonchev–Trinajstić information content (AvgIpc) is 2.92. The van der Waals surface area contributed by atoms with Gasteiger partial charge < -0.3 is 10.6 Å². The molecule has 1 aliphatic rings. The van der Waals surface area contributed by atoms with Gasteiger partial charge in [0.15, 0.2) is 5.82 Å². The van der Waals surface area contributed by atoms with Gasteiger partial charge in [0.1, 0.15) is 11.5 Å². The minimum atomic E-state index is 0.404. The molecule has 2 N–H and O–H groups in total. The van der Waals surface area contributed by atoms with Crippen molar-refractivity contribution < 1.29 is 0 Å². The van der Waals surface area contributed by atoms with Gasteiger partial charge in [0.25, 0.3) is 0 Å². The molecule has 1 aliphatic carbocycles. The molecular formula is C30H38N8. The molecule has 0 unspecified atom stereocenters. The number of pyridine rings is 1. The number of nitrogens with one attached hydrogen (secondary N) is 2. The zero-order chi connectivity index (χ0) is 27.7. The van der Waals surface area contributed by atoms with E-state index in [4.69, 9.17) is 0 Å². The number of aromatic nitrogens is 3. The maximum Gasteiger partial charge on any atom is 0.151 e. The summed E-state index contributed by atoms with van der Waals surface area (Å²) in [6, 6.07) is 3.87. The molecule has 0 fully saturated rings. The first kappa shape index (κ1) is 28.2. The number of aliphatic imine (C=N–C) groups is 1. The van der Waals surface area contributed by atoms with Gasteiger partial charge in [0.05, 0.1) is 30.3 Å². The first-order chi connectivity index (χ1) is 18.3. The fourth-order valence-corrected chi connectivity index (χ4v) is 4.48. The van der Waals surface area contributed by atoms with Crippen LogP contribution in [0, 0.1) is 6.92 Å². The molecule has 0 bridgehead atoms. The van der Waals surface area contributed by atoms with E-state index in [0.29, 0.717) is 23.8 Å². The normalized spacial score (nSPS) is 14.1. The molecule has 0 amide bonds. The van der Waals surface area contributed by atoms with E-state index in [1.54, 1.807) is 30.6 Å². The lowest BCUT2D eigenvalue weighted by atomic mass is 9.85. The summed E-state index contributed by atoms with van der Waals surface area (Å²) < 4.78 is 0. The second-order valence-electron chi connectivity index (χ2n) is 9.01. The van der Waals surface area contributed by atoms with E-state index in [-0.39, 0.29) is 0 Å². The number of allylic oxidation sites excluding steroid dienone is 5. The zero-order valence-electron chi connectivity index (χ0n) is 23.2. The van der Waals surface area contributed by atoms with Gasteiger partial charge in [-0.1, -0.05) is 32.2 Å². The summed E-state index contributed by atoms with van der Waals surface area (Å²) in [5.74, 6) is 1.36. The van der Waals surface area contributed by atoms with Crippen LogP contribution < -0.4 is 15.6 Å². The van der Waals surface area contributed by atoms with Gasteiger partial charge in [-0.2, -0.15) is 5.10 Å². The minimum absolute atomic E-state index is 0.404. The maximum atomic E-state index is 4.55. The maximum absolute atomic E-state index is 4.55. The number of hydrogen-bond donors (Lipinski definition) is 2. The van der Waals surface area contributed by atoms with Crippen molar-refractivity contribution in [1.82, 2.24) is 25.6 Å². The fourth-order valence-electron chi connectivity index (χ4n) is 4.48. The molecule has 0 spiro atoms. The number of nitrogens with zero attached hydrogens (tertiary/aromatic N) is 6. The summed E-state index contributed by atoms with van der Waals surface area (Å²) in [6.45, 7) is 20.8. The van der Waals surface area contributed by atoms with Crippen LogP contribution in [-0.4, -0.2) is 34.9 Å². The van der Waals surface area contributed by atoms with Gasteiger partial charge in [0.2, 0.25) is 0 Å². The first-order valence-corrected chi connectivity index (χ1v) is 12.7. The fraction of sp³-hybridized carbons (Fsp3) is 0.300. The summed E-state index contributed by atoms with van der Waals surface area (Å²) in [7, 11) is 1.80. The zero-order valence-corrected chi connectivity index (χ0v) is 23.2. The van der Waals surface area contributed by atoms with Crippen LogP contribution >= 0.6 is 0 Å². The van der Waals surface area contributed by atoms with E-state index in [1.807, 2.05) is 32.2 Å². The topological polar surface area (TPSA) is 90.7 Å². The Balaban J connectivity index is 1.69. The smallest absolute Gasteiger partial charge is 0.151 e. The predicted molar refractivity (Wildman–Crippen MR) is 159 cm³/mol. The quantitative estimate of drug-likeness (QED) is 0.275. The van der Waals surface area contributed by atoms with Crippen molar-refractivity contribution in [1.29, 1.82) is 0 Å². The van der Waals surface area contributed by atoms with Crippen LogP contribution in [0.4, 0.5) is 5.82 Å². The highest BCUT2D eigenvalue weighted by molar-refractivity contribution is 5.85. The number of aryl methyl sites for hydroxylation is 1. The summed E-state index contributed by atoms with van der Waals surface area (Å²) in [5.41, 5.74) is 9.11. The van der Waals surface area contributed by atoms with Gasteiger partial charge in [-0.15, -0.1) is 0 Å². The Morgan fingerprint density at radius 3 is 2.55 bits per heavy atom. The molecule has 0 radical (unpaired) electrons. The molecule has 8 heteroatoms. The molecule has 198 valence electrons. The third kappa shape index (κ3) is 6.70. The van der Waals surface area contributed by atoms with Crippen LogP contribution in [0.2, 0.25) is 0 Å². The predicted octanol–water partition coefficient (Wildman–Crippen LogP) is 5.84. The Morgan fingerprint density at radius 2 is 1.95 bits per heavy atom. The lowest BCUT2D eigenvalue weighted by Gasteiger charge is -2.27. The molecule has 0 saturated carbocycles. The van der Waals surface area contributed by atoms with E-state index in [9.17, 15) is 0 Å². The molecule has 0 aliphatic heterocycles. The molecule has 38 heavy (non-hydrogen) atoms. The van der Waals surface area contributed by atoms with E-state index in [2.05, 4.69) is 75.5 Å². The highest BCUT2D eigenvalue weighted by atomic mass is 15.5. The Morgan fingerprint density at radius 1 is 1.16 bits per heavy atom. The van der Waals surface area contributed by atoms with Crippen molar-refractivity contribution in [2.45, 2.75) is 53.5 Å². The largest absolute Gasteiger partial charge is 0.342 e. The number of hydrogen-bond acceptors (Lipinski definition) is 8. The third-order valence-electron chi connectivity index (χ3n) is 6.51. The third-order valence-corrected chi connectivity index (χ3v) is 6.51. The lowest BCUT2D eigenvalue weighted by Crippen LogP contribution is -2.27. The highest BCUT2D eigenvalue weighted by Gasteiger charge is 2.20. The van der Waals surface area contributed by atoms with Gasteiger partial charge in [-0.25, -0.2) is 9.99 Å². The van der Waals surface area contributed by atoms with Crippen LogP contribution in [0.15, 0.2) is 93.9 Å². The number of anilines is 1. The molecule has 2 aromatic rings. The molecule has 0 aromatic carbocycles. The van der Waals surface area contributed by atoms with E-state index in [1.165, 1.54) is 16.7 Å². The van der Waals surface area contributed by atoms with Crippen molar-refractivity contribution in [3.05, 3.63) is 101 Å². The molecule has 0 atom stereocenters. The summed E-state index contributed by atoms with van der Waals surface area (Å²) in [5, 5.41) is 12.5. The molecular weight excluding hydrogens is 472 g/mol. The van der Waals surface area contributed by atoms with Gasteiger partial charge in [0, 0.05) is 31.9 Å². The van der Waals surface area contributed by atoms with Crippen molar-refractivity contribution in [3.8, 4) is 0 Å². The van der Waals surface area contributed by atoms with Crippen LogP contribution in [-0.2, 0) is 6.54 Å². The standard InChI is InChI=1S/C30H38N8/c1-9-24-13-14-27(25(10-2)16-31-7)21(4)29(24)37-23(6)36-22(5)28-18-34-26(17-35-28)19-38(32-8)30-20(3)12-11-15-33-30/h10-12,15-18,36-37H,5-6,8-9,13-14,19H2,1-4,7H3/b25-10+,31-16?. The second-order valence-corrected chi connectivity index (χ2v) is 9.01. The van der Waals surface area contributed by atoms with Crippen molar-refractivity contribution in [3.63, 3.8) is 0 Å². The van der Waals surface area contributed by atoms with Crippen molar-refractivity contribution in [2.75, 3.05) is 12.1 Å². The van der Waals surface area contributed by atoms with Gasteiger partial charge in [-0.3, -0.25) is 15.0 Å². The van der Waals surface area contributed by atoms with Gasteiger partial charge >= 0.3 is 0 Å². The first-order valence-electron chi connectivity index (χ1n) is 12.7. The van der Waals surface area contributed by atoms with Crippen LogP contribution in [0.3, 0.4) is 0 Å². The Bertz CT molecular complexity index is 1310. The summed E-state index contributed by atoms with van der Waals surface area (Å²) in [4.78, 5) is 17.7. The lowest BCUT2D eigenvalue weighted by molar-refractivity contribution is 0.773. The number of hydrazone groups is 1. The Hall–Kier alpha value is -4.33. The Labute approximate surface area is 226 Å². The molecule has 2 aromatic heterocycles. The van der Waals surface area contributed by atoms with Crippen molar-refractivity contribution in [2.24, 2.45) is 10.1 Å². The minimum Gasteiger partial charge on any atom is -0.342 e. The average molecular weight is 511 g/mol. The van der Waals surface area contributed by atoms with E-state index in [0.717, 1.165) is 47.6 Å². The highest BCUT2D eigenvalue weighted by Crippen LogP contribution is 2.34. The van der Waals surface area contributed by atoms with E-state index < -0.39 is 0 Å². The molecule has 8 nitrogen and oxygen atoms in total. The monoisotopic (exact) mass is 510 g/mol. The number of rotatable bonds is 12. The van der Waals surface area contributed by atoms with Crippen molar-refractivity contribution >= 4 is 24.4 Å². The van der Waals surface area contributed by atoms with Crippen LogP contribution in [0.5, 0.6) is 0 Å². The molecule has 0 saturated heterocycles. The second kappa shape index (κ2) is 13.3. The summed E-state index contributed by atoms with van der Waals surface area (Å²) >= 11 is 0. The van der Waals surface area contributed by atoms with Crippen LogP contribution in [0.1, 0.15) is 57.0 Å². The SMILES string of the molecule is C=NN(Cc1cnc(C(=C)NC(=C)NC2=C(CC)CCC(/C(C=NC)=C/C)=C2C)cn1)c1ncccc1C. The van der Waals surface area contributed by atoms with E-state index >= 15 is 0 Å². The van der Waals surface area contributed by atoms with Crippen LogP contribution in [0.25, 0.3) is 5.70 Å². The summed E-state index contributed by atoms with van der Waals surface area (Å²) in [6.07, 6.45) is 12.1. The Kier molecular flexibility index (Phi) is 9.87. The molecule has 3 rings (SSSR count). The molecule has 2 heterocycles. The van der Waals surface area contributed by atoms with Gasteiger partial charge in [-0.05, 0) is 74.0 Å².